The molecule has 0 bridgehead atoms. The second kappa shape index (κ2) is 9.45. The van der Waals surface area contributed by atoms with Gasteiger partial charge < -0.3 is 14.9 Å². The molecule has 9 heteroatoms. The van der Waals surface area contributed by atoms with Crippen molar-refractivity contribution < 1.29 is 41.3 Å². The minimum Gasteiger partial charge on any atom is -0.393 e. The fraction of sp³-hybridized carbons (Fsp3) is 0.778. The van der Waals surface area contributed by atoms with Gasteiger partial charge in [-0.2, -0.15) is 26.3 Å². The molecule has 0 spiro atoms. The largest absolute Gasteiger partial charge is 0.426 e. The Balaban J connectivity index is 1.44. The van der Waals surface area contributed by atoms with Crippen molar-refractivity contribution >= 4 is 0 Å². The Bertz CT molecular complexity index is 897. The minimum atomic E-state index is -5.48. The van der Waals surface area contributed by atoms with Crippen LogP contribution in [-0.4, -0.2) is 46.5 Å². The monoisotopic (exact) mass is 522 g/mol. The molecule has 4 fully saturated rings. The van der Waals surface area contributed by atoms with E-state index in [2.05, 4.69) is 24.3 Å². The molecule has 0 aromatic carbocycles. The second-order valence-electron chi connectivity index (χ2n) is 11.6. The topological polar surface area (TPSA) is 49.7 Å². The summed E-state index contributed by atoms with van der Waals surface area (Å²) < 4.78 is 83.6. The summed E-state index contributed by atoms with van der Waals surface area (Å²) in [6.07, 6.45) is -4.87. The Hall–Kier alpha value is -1.32. The Morgan fingerprint density at radius 3 is 2.36 bits per heavy atom. The van der Waals surface area contributed by atoms with Gasteiger partial charge in [-0.05, 0) is 79.3 Å². The summed E-state index contributed by atoms with van der Waals surface area (Å²) in [6, 6.07) is 0. The van der Waals surface area contributed by atoms with Crippen LogP contribution < -0.4 is 0 Å². The first-order valence-electron chi connectivity index (χ1n) is 12.8. The smallest absolute Gasteiger partial charge is 0.393 e. The van der Waals surface area contributed by atoms with Crippen LogP contribution in [0.4, 0.5) is 26.3 Å². The van der Waals surface area contributed by atoms with Crippen LogP contribution in [0, 0.1) is 23.2 Å². The van der Waals surface area contributed by atoms with Gasteiger partial charge in [-0.1, -0.05) is 38.2 Å². The number of fused-ring (bicyclic) bond motifs is 1. The number of rotatable bonds is 4. The normalized spacial score (nSPS) is 40.3. The van der Waals surface area contributed by atoms with Crippen molar-refractivity contribution in [1.29, 1.82) is 0 Å². The van der Waals surface area contributed by atoms with Crippen LogP contribution in [0.3, 0.4) is 0 Å². The Morgan fingerprint density at radius 1 is 1.11 bits per heavy atom. The molecule has 3 saturated carbocycles. The maximum absolute atomic E-state index is 13.2. The number of alkyl halides is 6. The predicted octanol–water partition coefficient (Wildman–Crippen LogP) is 6.81. The first-order valence-corrected chi connectivity index (χ1v) is 12.8. The van der Waals surface area contributed by atoms with E-state index in [1.807, 2.05) is 13.0 Å². The summed E-state index contributed by atoms with van der Waals surface area (Å²) in [4.78, 5) is 0. The predicted molar refractivity (Wildman–Crippen MR) is 123 cm³/mol. The Kier molecular flexibility index (Phi) is 7.28. The van der Waals surface area contributed by atoms with E-state index in [1.165, 1.54) is 5.57 Å². The zero-order valence-corrected chi connectivity index (χ0v) is 20.8. The first kappa shape index (κ1) is 27.7. The molecule has 1 heterocycles. The number of hydrogen-bond donors (Lipinski definition) is 2. The molecule has 0 unspecified atom stereocenters. The molecule has 4 rings (SSSR count). The van der Waals surface area contributed by atoms with E-state index >= 15 is 0 Å². The van der Waals surface area contributed by atoms with Crippen molar-refractivity contribution in [2.24, 2.45) is 23.2 Å². The van der Waals surface area contributed by atoms with Gasteiger partial charge in [0.25, 0.3) is 5.60 Å². The van der Waals surface area contributed by atoms with Crippen molar-refractivity contribution in [2.75, 3.05) is 0 Å². The van der Waals surface area contributed by atoms with Crippen LogP contribution in [0.2, 0.25) is 0 Å². The van der Waals surface area contributed by atoms with Crippen LogP contribution in [0.1, 0.15) is 71.6 Å². The number of halogens is 6. The highest BCUT2D eigenvalue weighted by atomic mass is 19.4. The van der Waals surface area contributed by atoms with Gasteiger partial charge in [0.1, 0.15) is 0 Å². The molecule has 4 aliphatic rings. The third kappa shape index (κ3) is 4.68. The summed E-state index contributed by atoms with van der Waals surface area (Å²) in [7, 11) is 0. The lowest BCUT2D eigenvalue weighted by Gasteiger charge is -2.50. The molecule has 1 saturated heterocycles. The zero-order chi connectivity index (χ0) is 26.7. The van der Waals surface area contributed by atoms with Gasteiger partial charge in [0.2, 0.25) is 0 Å². The van der Waals surface area contributed by atoms with Crippen LogP contribution in [-0.2, 0) is 4.74 Å². The Labute approximate surface area is 208 Å². The average Bonchev–Trinajstić information content (AvgIpc) is 3.07. The van der Waals surface area contributed by atoms with E-state index in [0.29, 0.717) is 12.0 Å². The molecule has 3 aliphatic carbocycles. The van der Waals surface area contributed by atoms with Crippen molar-refractivity contribution in [3.63, 3.8) is 0 Å². The van der Waals surface area contributed by atoms with E-state index in [-0.39, 0.29) is 36.0 Å². The van der Waals surface area contributed by atoms with Crippen molar-refractivity contribution in [2.45, 2.75) is 108 Å². The minimum absolute atomic E-state index is 0.0643. The first-order chi connectivity index (χ1) is 16.6. The summed E-state index contributed by atoms with van der Waals surface area (Å²) in [5.74, 6) is 0.405. The lowest BCUT2D eigenvalue weighted by Crippen LogP contribution is -2.68. The number of ether oxygens (including phenoxy) is 1. The average molecular weight is 523 g/mol. The summed E-state index contributed by atoms with van der Waals surface area (Å²) in [5, 5.41) is 20.1. The third-order valence-corrected chi connectivity index (χ3v) is 9.42. The summed E-state index contributed by atoms with van der Waals surface area (Å²) in [6.45, 7) is 8.09. The molecule has 2 N–H and O–H groups in total. The van der Waals surface area contributed by atoms with Crippen molar-refractivity contribution in [3.8, 4) is 0 Å². The molecule has 3 nitrogen and oxygen atoms in total. The maximum atomic E-state index is 13.2. The second-order valence-corrected chi connectivity index (χ2v) is 11.6. The lowest BCUT2D eigenvalue weighted by molar-refractivity contribution is -0.440. The molecule has 0 radical (unpaired) electrons. The van der Waals surface area contributed by atoms with Crippen LogP contribution in [0.15, 0.2) is 35.5 Å². The highest BCUT2D eigenvalue weighted by Gasteiger charge is 2.77. The molecule has 0 aromatic rings. The third-order valence-electron chi connectivity index (χ3n) is 9.42. The van der Waals surface area contributed by atoms with Crippen LogP contribution in [0.25, 0.3) is 0 Å². The van der Waals surface area contributed by atoms with E-state index in [0.717, 1.165) is 37.7 Å². The van der Waals surface area contributed by atoms with Gasteiger partial charge in [-0.15, -0.1) is 0 Å². The van der Waals surface area contributed by atoms with E-state index in [1.54, 1.807) is 0 Å². The number of aliphatic hydroxyl groups excluding tert-OH is 2. The van der Waals surface area contributed by atoms with Gasteiger partial charge in [0, 0.05) is 12.8 Å². The molecular formula is C27H36F6O3. The maximum Gasteiger partial charge on any atom is 0.426 e. The fourth-order valence-corrected chi connectivity index (χ4v) is 7.51. The summed E-state index contributed by atoms with van der Waals surface area (Å²) >= 11 is 0. The van der Waals surface area contributed by atoms with Gasteiger partial charge in [0.05, 0.1) is 18.3 Å². The zero-order valence-electron chi connectivity index (χ0n) is 20.8. The van der Waals surface area contributed by atoms with Gasteiger partial charge in [0.15, 0.2) is 0 Å². The molecule has 0 aromatic heterocycles. The van der Waals surface area contributed by atoms with Gasteiger partial charge >= 0.3 is 12.4 Å². The quantitative estimate of drug-likeness (QED) is 0.399. The molecule has 7 atom stereocenters. The molecular weight excluding hydrogens is 486 g/mol. The highest BCUT2D eigenvalue weighted by Crippen LogP contribution is 2.61. The summed E-state index contributed by atoms with van der Waals surface area (Å²) in [5.41, 5.74) is -1.38. The lowest BCUT2D eigenvalue weighted by atomic mass is 9.60. The van der Waals surface area contributed by atoms with E-state index < -0.39 is 42.7 Å². The van der Waals surface area contributed by atoms with Gasteiger partial charge in [-0.3, -0.25) is 0 Å². The SMILES string of the molecule is C=C1/C(=C\C=C2/CCC[C@]3(C)[C@@H]([C@H](C)C[C@H]4CC(C(F)(F)F)(C(F)(F)F)O4)CC[C@@H]23)C[C@@H](O)C[C@@H]1O. The Morgan fingerprint density at radius 2 is 1.75 bits per heavy atom. The van der Waals surface area contributed by atoms with Crippen molar-refractivity contribution in [1.82, 2.24) is 0 Å². The highest BCUT2D eigenvalue weighted by molar-refractivity contribution is 5.38. The van der Waals surface area contributed by atoms with Crippen LogP contribution in [0.5, 0.6) is 0 Å². The number of aliphatic hydroxyl groups is 2. The molecule has 1 aliphatic heterocycles. The van der Waals surface area contributed by atoms with E-state index in [4.69, 9.17) is 0 Å². The van der Waals surface area contributed by atoms with E-state index in [9.17, 15) is 36.6 Å². The molecule has 36 heavy (non-hydrogen) atoms. The molecule has 204 valence electrons. The standard InChI is InChI=1S/C27H36F6O3/c1-15(11-20-14-25(36-20,26(28,29)30)27(31,32)33)21-8-9-22-17(5-4-10-24(21,22)3)6-7-18-12-19(34)13-23(35)16(18)2/h6-7,15,19-23,34-35H,2,4-5,8-14H2,1,3H3/b17-6+,18-7-/t15-,19-,20+,21-,22+,23+,24-/m1/s1. The fourth-order valence-electron chi connectivity index (χ4n) is 7.51. The molecule has 0 amide bonds. The number of hydrogen-bond acceptors (Lipinski definition) is 3. The number of allylic oxidation sites excluding steroid dienone is 3. The van der Waals surface area contributed by atoms with Gasteiger partial charge in [-0.25, -0.2) is 0 Å². The van der Waals surface area contributed by atoms with Crippen molar-refractivity contribution in [3.05, 3.63) is 35.5 Å². The van der Waals surface area contributed by atoms with Crippen LogP contribution >= 0.6 is 0 Å².